The SMILES string of the molecule is CCCNC(=O)C(C)Br. The van der Waals surface area contributed by atoms with Gasteiger partial charge in [0, 0.05) is 6.54 Å². The van der Waals surface area contributed by atoms with E-state index in [1.54, 1.807) is 0 Å². The quantitative estimate of drug-likeness (QED) is 0.674. The Hall–Kier alpha value is -0.0500. The molecule has 0 aliphatic carbocycles. The number of alkyl halides is 1. The van der Waals surface area contributed by atoms with Gasteiger partial charge in [0.2, 0.25) is 5.91 Å². The summed E-state index contributed by atoms with van der Waals surface area (Å²) in [6.07, 6.45) is 0.992. The summed E-state index contributed by atoms with van der Waals surface area (Å²) in [7, 11) is 0. The number of amides is 1. The van der Waals surface area contributed by atoms with Gasteiger partial charge in [0.15, 0.2) is 0 Å². The minimum Gasteiger partial charge on any atom is -0.355 e. The Bertz CT molecular complexity index is 93.1. The van der Waals surface area contributed by atoms with Gasteiger partial charge in [0.1, 0.15) is 0 Å². The summed E-state index contributed by atoms with van der Waals surface area (Å²) in [5.41, 5.74) is 0. The van der Waals surface area contributed by atoms with Gasteiger partial charge in [-0.3, -0.25) is 4.79 Å². The minimum atomic E-state index is -0.0657. The molecule has 1 amide bonds. The lowest BCUT2D eigenvalue weighted by Gasteiger charge is -2.03. The van der Waals surface area contributed by atoms with Crippen molar-refractivity contribution >= 4 is 21.8 Å². The summed E-state index contributed by atoms with van der Waals surface area (Å²) in [5, 5.41) is 2.75. The first-order chi connectivity index (χ1) is 4.18. The van der Waals surface area contributed by atoms with Crippen LogP contribution in [0.25, 0.3) is 0 Å². The molecule has 3 heteroatoms. The maximum Gasteiger partial charge on any atom is 0.233 e. The van der Waals surface area contributed by atoms with E-state index in [1.165, 1.54) is 0 Å². The van der Waals surface area contributed by atoms with E-state index in [9.17, 15) is 4.79 Å². The molecule has 54 valence electrons. The van der Waals surface area contributed by atoms with E-state index in [2.05, 4.69) is 21.2 Å². The lowest BCUT2D eigenvalue weighted by molar-refractivity contribution is -0.120. The predicted octanol–water partition coefficient (Wildman–Crippen LogP) is 1.30. The van der Waals surface area contributed by atoms with Crippen LogP contribution < -0.4 is 5.32 Å². The molecule has 0 aromatic carbocycles. The molecule has 0 aromatic rings. The molecule has 1 unspecified atom stereocenters. The van der Waals surface area contributed by atoms with E-state index in [1.807, 2.05) is 13.8 Å². The zero-order chi connectivity index (χ0) is 7.28. The molecule has 0 bridgehead atoms. The average Bonchev–Trinajstić information content (AvgIpc) is 1.82. The van der Waals surface area contributed by atoms with Crippen LogP contribution in [-0.2, 0) is 4.79 Å². The number of hydrogen-bond donors (Lipinski definition) is 1. The summed E-state index contributed by atoms with van der Waals surface area (Å²) in [6.45, 7) is 4.61. The molecule has 0 saturated heterocycles. The zero-order valence-corrected chi connectivity index (χ0v) is 7.36. The molecule has 9 heavy (non-hydrogen) atoms. The minimum absolute atomic E-state index is 0.0657. The molecule has 1 atom stereocenters. The molecule has 0 rings (SSSR count). The molecule has 0 saturated carbocycles. The third-order valence-corrected chi connectivity index (χ3v) is 1.33. The van der Waals surface area contributed by atoms with Crippen LogP contribution in [0.15, 0.2) is 0 Å². The number of hydrogen-bond acceptors (Lipinski definition) is 1. The smallest absolute Gasteiger partial charge is 0.233 e. The van der Waals surface area contributed by atoms with Crippen LogP contribution in [0.4, 0.5) is 0 Å². The first-order valence-corrected chi connectivity index (χ1v) is 4.01. The van der Waals surface area contributed by atoms with Gasteiger partial charge < -0.3 is 5.32 Å². The topological polar surface area (TPSA) is 29.1 Å². The molecule has 0 aliphatic heterocycles. The van der Waals surface area contributed by atoms with E-state index in [4.69, 9.17) is 0 Å². The standard InChI is InChI=1S/C6H12BrNO/c1-3-4-8-6(9)5(2)7/h5H,3-4H2,1-2H3,(H,8,9). The van der Waals surface area contributed by atoms with Crippen molar-refractivity contribution in [3.05, 3.63) is 0 Å². The molecule has 0 heterocycles. The highest BCUT2D eigenvalue weighted by molar-refractivity contribution is 9.10. The first kappa shape index (κ1) is 8.95. The lowest BCUT2D eigenvalue weighted by Crippen LogP contribution is -2.29. The second-order valence-corrected chi connectivity index (χ2v) is 3.28. The molecular weight excluding hydrogens is 182 g/mol. The monoisotopic (exact) mass is 193 g/mol. The van der Waals surface area contributed by atoms with Crippen LogP contribution in [0.2, 0.25) is 0 Å². The van der Waals surface area contributed by atoms with E-state index in [-0.39, 0.29) is 10.7 Å². The van der Waals surface area contributed by atoms with Gasteiger partial charge >= 0.3 is 0 Å². The normalized spacial score (nSPS) is 12.8. The van der Waals surface area contributed by atoms with Crippen molar-refractivity contribution in [1.29, 1.82) is 0 Å². The van der Waals surface area contributed by atoms with E-state index < -0.39 is 0 Å². The van der Waals surface area contributed by atoms with Crippen molar-refractivity contribution in [2.45, 2.75) is 25.1 Å². The van der Waals surface area contributed by atoms with Crippen molar-refractivity contribution in [1.82, 2.24) is 5.32 Å². The third kappa shape index (κ3) is 4.45. The van der Waals surface area contributed by atoms with Crippen molar-refractivity contribution < 1.29 is 4.79 Å². The molecule has 2 nitrogen and oxygen atoms in total. The van der Waals surface area contributed by atoms with Crippen LogP contribution in [-0.4, -0.2) is 17.3 Å². The maximum atomic E-state index is 10.7. The van der Waals surface area contributed by atoms with E-state index >= 15 is 0 Å². The van der Waals surface area contributed by atoms with Gasteiger partial charge in [-0.1, -0.05) is 22.9 Å². The van der Waals surface area contributed by atoms with Crippen molar-refractivity contribution in [2.75, 3.05) is 6.54 Å². The van der Waals surface area contributed by atoms with Crippen LogP contribution in [0.1, 0.15) is 20.3 Å². The number of carbonyl (C=O) groups excluding carboxylic acids is 1. The zero-order valence-electron chi connectivity index (χ0n) is 5.78. The Labute approximate surface area is 64.1 Å². The highest BCUT2D eigenvalue weighted by Gasteiger charge is 2.05. The third-order valence-electron chi connectivity index (χ3n) is 0.911. The number of rotatable bonds is 3. The summed E-state index contributed by atoms with van der Waals surface area (Å²) >= 11 is 3.16. The molecule has 0 spiro atoms. The van der Waals surface area contributed by atoms with Crippen molar-refractivity contribution in [3.63, 3.8) is 0 Å². The van der Waals surface area contributed by atoms with Crippen LogP contribution in [0, 0.1) is 0 Å². The Morgan fingerprint density at radius 3 is 2.67 bits per heavy atom. The Morgan fingerprint density at radius 2 is 2.33 bits per heavy atom. The lowest BCUT2D eigenvalue weighted by atomic mass is 10.4. The largest absolute Gasteiger partial charge is 0.355 e. The van der Waals surface area contributed by atoms with E-state index in [0.29, 0.717) is 0 Å². The summed E-state index contributed by atoms with van der Waals surface area (Å²) < 4.78 is 0. The Balaban J connectivity index is 3.28. The fourth-order valence-corrected chi connectivity index (χ4v) is 0.551. The molecule has 0 aromatic heterocycles. The Morgan fingerprint density at radius 1 is 1.78 bits per heavy atom. The number of halogens is 1. The second kappa shape index (κ2) is 4.79. The summed E-state index contributed by atoms with van der Waals surface area (Å²) in [6, 6.07) is 0. The predicted molar refractivity (Wildman–Crippen MR) is 41.7 cm³/mol. The fraction of sp³-hybridized carbons (Fsp3) is 0.833. The van der Waals surface area contributed by atoms with Crippen LogP contribution in [0.5, 0.6) is 0 Å². The molecule has 0 radical (unpaired) electrons. The van der Waals surface area contributed by atoms with Gasteiger partial charge in [0.05, 0.1) is 4.83 Å². The van der Waals surface area contributed by atoms with Crippen LogP contribution >= 0.6 is 15.9 Å². The second-order valence-electron chi connectivity index (χ2n) is 1.91. The Kier molecular flexibility index (Phi) is 4.77. The van der Waals surface area contributed by atoms with Gasteiger partial charge in [-0.05, 0) is 13.3 Å². The summed E-state index contributed by atoms with van der Waals surface area (Å²) in [4.78, 5) is 10.7. The summed E-state index contributed by atoms with van der Waals surface area (Å²) in [5.74, 6) is 0.0665. The van der Waals surface area contributed by atoms with Gasteiger partial charge in [-0.25, -0.2) is 0 Å². The number of nitrogens with one attached hydrogen (secondary N) is 1. The average molecular weight is 194 g/mol. The van der Waals surface area contributed by atoms with Crippen molar-refractivity contribution in [3.8, 4) is 0 Å². The fourth-order valence-electron chi connectivity index (χ4n) is 0.389. The highest BCUT2D eigenvalue weighted by atomic mass is 79.9. The molecule has 0 fully saturated rings. The van der Waals surface area contributed by atoms with Gasteiger partial charge in [-0.15, -0.1) is 0 Å². The van der Waals surface area contributed by atoms with Crippen molar-refractivity contribution in [2.24, 2.45) is 0 Å². The molecular formula is C6H12BrNO. The molecule has 1 N–H and O–H groups in total. The number of carbonyl (C=O) groups is 1. The van der Waals surface area contributed by atoms with Crippen LogP contribution in [0.3, 0.4) is 0 Å². The maximum absolute atomic E-state index is 10.7. The highest BCUT2D eigenvalue weighted by Crippen LogP contribution is 1.95. The van der Waals surface area contributed by atoms with Gasteiger partial charge in [0.25, 0.3) is 0 Å². The van der Waals surface area contributed by atoms with Gasteiger partial charge in [-0.2, -0.15) is 0 Å². The first-order valence-electron chi connectivity index (χ1n) is 3.10. The van der Waals surface area contributed by atoms with E-state index in [0.717, 1.165) is 13.0 Å². The molecule has 0 aliphatic rings.